The largest absolute Gasteiger partial charge is 1.00 e. The number of hydrogen-bond donors (Lipinski definition) is 1. The van der Waals surface area contributed by atoms with Crippen molar-refractivity contribution in [3.8, 4) is 5.75 Å². The summed E-state index contributed by atoms with van der Waals surface area (Å²) in [6, 6.07) is 8.55. The Hall–Kier alpha value is -0.150. The number of para-hydroxylation sites is 1. The van der Waals surface area contributed by atoms with Crippen LogP contribution in [0.2, 0.25) is 0 Å². The van der Waals surface area contributed by atoms with Crippen LogP contribution in [0.25, 0.3) is 0 Å². The first kappa shape index (κ1) is 27.8. The van der Waals surface area contributed by atoms with Crippen LogP contribution in [0.4, 0.5) is 0 Å². The Kier molecular flexibility index (Phi) is 10.7. The third kappa shape index (κ3) is 6.69. The smallest absolute Gasteiger partial charge is 1.00 e. The normalized spacial score (nSPS) is 15.0. The maximum atomic E-state index is 12.9. The zero-order chi connectivity index (χ0) is 20.9. The van der Waals surface area contributed by atoms with E-state index in [4.69, 9.17) is 14.2 Å². The van der Waals surface area contributed by atoms with E-state index in [1.807, 2.05) is 20.8 Å². The van der Waals surface area contributed by atoms with Gasteiger partial charge >= 0.3 is 39.7 Å². The molecule has 0 radical (unpaired) electrons. The van der Waals surface area contributed by atoms with Gasteiger partial charge in [0, 0.05) is 18.6 Å². The van der Waals surface area contributed by atoms with E-state index in [0.717, 1.165) is 0 Å². The molecule has 1 aromatic rings. The molecule has 0 spiro atoms. The minimum absolute atomic E-state index is 0. The van der Waals surface area contributed by atoms with E-state index in [1.165, 1.54) is 0 Å². The first-order valence-electron chi connectivity index (χ1n) is 9.25. The molecule has 0 fully saturated rings. The molecule has 1 atom stereocenters. The molecular weight excluding hydrogens is 391 g/mol. The molecule has 0 aromatic heterocycles. The van der Waals surface area contributed by atoms with Gasteiger partial charge in [0.1, 0.15) is 5.75 Å². The molecule has 0 saturated carbocycles. The Morgan fingerprint density at radius 1 is 1.00 bits per heavy atom. The standard InChI is InChI=1S/C20H34O6S.Na.H/c1-8-24-17(25-9-2)20(27(21,22)23,19(6,7)15-18(3,4)5)26-16-13-11-10-12-14-16;;/h10-14,17H,8-9,15H2,1-7H3,(H,21,22,23);;/q;+1;-1. The molecule has 0 aliphatic carbocycles. The van der Waals surface area contributed by atoms with Gasteiger partial charge in [-0.15, -0.1) is 0 Å². The summed E-state index contributed by atoms with van der Waals surface area (Å²) >= 11 is 0. The molecule has 0 heterocycles. The predicted octanol–water partition coefficient (Wildman–Crippen LogP) is 1.63. The second-order valence-corrected chi connectivity index (χ2v) is 9.98. The molecule has 8 heteroatoms. The van der Waals surface area contributed by atoms with Crippen LogP contribution in [0.15, 0.2) is 30.3 Å². The summed E-state index contributed by atoms with van der Waals surface area (Å²) < 4.78 is 53.5. The van der Waals surface area contributed by atoms with E-state index in [2.05, 4.69) is 0 Å². The zero-order valence-corrected chi connectivity index (χ0v) is 21.3. The number of benzene rings is 1. The van der Waals surface area contributed by atoms with Crippen LogP contribution in [0.5, 0.6) is 5.75 Å². The van der Waals surface area contributed by atoms with Gasteiger partial charge in [0.05, 0.1) is 0 Å². The average molecular weight is 427 g/mol. The summed E-state index contributed by atoms with van der Waals surface area (Å²) in [5.41, 5.74) is -1.29. The van der Waals surface area contributed by atoms with Gasteiger partial charge in [0.2, 0.25) is 6.29 Å². The van der Waals surface area contributed by atoms with Crippen LogP contribution in [-0.2, 0) is 19.6 Å². The average Bonchev–Trinajstić information content (AvgIpc) is 2.49. The summed E-state index contributed by atoms with van der Waals surface area (Å²) in [5, 5.41) is 0. The Balaban J connectivity index is 0. The fourth-order valence-corrected chi connectivity index (χ4v) is 5.06. The first-order valence-corrected chi connectivity index (χ1v) is 10.7. The molecule has 6 nitrogen and oxygen atoms in total. The Morgan fingerprint density at radius 2 is 1.46 bits per heavy atom. The van der Waals surface area contributed by atoms with E-state index in [9.17, 15) is 13.0 Å². The van der Waals surface area contributed by atoms with Crippen LogP contribution >= 0.6 is 0 Å². The third-order valence-corrected chi connectivity index (χ3v) is 5.85. The van der Waals surface area contributed by atoms with Gasteiger partial charge in [0.15, 0.2) is 0 Å². The summed E-state index contributed by atoms with van der Waals surface area (Å²) in [6.07, 6.45) is -0.872. The van der Waals surface area contributed by atoms with Crippen LogP contribution in [0.3, 0.4) is 0 Å². The molecular formula is C20H35NaO6S. The van der Waals surface area contributed by atoms with Crippen molar-refractivity contribution in [2.45, 2.75) is 66.1 Å². The molecule has 28 heavy (non-hydrogen) atoms. The maximum Gasteiger partial charge on any atom is 1.00 e. The monoisotopic (exact) mass is 426 g/mol. The van der Waals surface area contributed by atoms with Crippen molar-refractivity contribution in [3.05, 3.63) is 30.3 Å². The Labute approximate surface area is 193 Å². The molecule has 1 rings (SSSR count). The van der Waals surface area contributed by atoms with E-state index in [1.54, 1.807) is 58.0 Å². The van der Waals surface area contributed by atoms with Crippen molar-refractivity contribution < 1.29 is 58.2 Å². The van der Waals surface area contributed by atoms with E-state index < -0.39 is 26.8 Å². The van der Waals surface area contributed by atoms with Crippen molar-refractivity contribution in [3.63, 3.8) is 0 Å². The van der Waals surface area contributed by atoms with Crippen molar-refractivity contribution >= 4 is 10.1 Å². The summed E-state index contributed by atoms with van der Waals surface area (Å²) in [4.78, 5) is -2.15. The number of hydrogen-bond acceptors (Lipinski definition) is 5. The predicted molar refractivity (Wildman–Crippen MR) is 107 cm³/mol. The molecule has 0 bridgehead atoms. The molecule has 1 unspecified atom stereocenters. The van der Waals surface area contributed by atoms with E-state index >= 15 is 0 Å². The second kappa shape index (κ2) is 10.8. The van der Waals surface area contributed by atoms with Crippen molar-refractivity contribution in [1.29, 1.82) is 0 Å². The van der Waals surface area contributed by atoms with Crippen molar-refractivity contribution in [1.82, 2.24) is 0 Å². The summed E-state index contributed by atoms with van der Waals surface area (Å²) in [6.45, 7) is 13.4. The van der Waals surface area contributed by atoms with Crippen LogP contribution in [0.1, 0.15) is 56.3 Å². The van der Waals surface area contributed by atoms with Gasteiger partial charge in [-0.25, -0.2) is 0 Å². The van der Waals surface area contributed by atoms with Crippen LogP contribution < -0.4 is 34.3 Å². The van der Waals surface area contributed by atoms with Gasteiger partial charge in [-0.3, -0.25) is 4.55 Å². The second-order valence-electron chi connectivity index (χ2n) is 8.42. The number of ether oxygens (including phenoxy) is 3. The van der Waals surface area contributed by atoms with Crippen LogP contribution in [-0.4, -0.2) is 37.4 Å². The maximum absolute atomic E-state index is 12.9. The van der Waals surface area contributed by atoms with Crippen molar-refractivity contribution in [2.24, 2.45) is 10.8 Å². The fraction of sp³-hybridized carbons (Fsp3) is 0.700. The Morgan fingerprint density at radius 3 is 1.82 bits per heavy atom. The van der Waals surface area contributed by atoms with E-state index in [0.29, 0.717) is 12.2 Å². The first-order chi connectivity index (χ1) is 12.3. The summed E-state index contributed by atoms with van der Waals surface area (Å²) in [7, 11) is -4.77. The molecule has 1 aromatic carbocycles. The van der Waals surface area contributed by atoms with E-state index in [-0.39, 0.29) is 49.6 Å². The zero-order valence-electron chi connectivity index (χ0n) is 19.5. The van der Waals surface area contributed by atoms with Crippen molar-refractivity contribution in [2.75, 3.05) is 13.2 Å². The quantitative estimate of drug-likeness (QED) is 0.348. The minimum Gasteiger partial charge on any atom is -1.00 e. The Bertz CT molecular complexity index is 685. The van der Waals surface area contributed by atoms with Gasteiger partial charge in [-0.1, -0.05) is 52.8 Å². The third-order valence-electron chi connectivity index (χ3n) is 4.26. The molecule has 0 saturated heterocycles. The molecule has 0 aliphatic heterocycles. The molecule has 0 aliphatic rings. The minimum atomic E-state index is -4.77. The molecule has 1 N–H and O–H groups in total. The van der Waals surface area contributed by atoms with Gasteiger partial charge in [-0.2, -0.15) is 8.42 Å². The molecule has 0 amide bonds. The SMILES string of the molecule is CCOC(OCC)C(Oc1ccccc1)(C(C)(C)CC(C)(C)C)S(=O)(=O)O.[H-].[Na+]. The summed E-state index contributed by atoms with van der Waals surface area (Å²) in [5.74, 6) is 0.307. The number of rotatable bonds is 10. The van der Waals surface area contributed by atoms with Gasteiger partial charge in [-0.05, 0) is 37.8 Å². The molecule has 158 valence electrons. The topological polar surface area (TPSA) is 82.1 Å². The van der Waals surface area contributed by atoms with Gasteiger partial charge in [0.25, 0.3) is 4.93 Å². The van der Waals surface area contributed by atoms with Crippen LogP contribution in [0, 0.1) is 10.8 Å². The van der Waals surface area contributed by atoms with Gasteiger partial charge < -0.3 is 15.6 Å². The fourth-order valence-electron chi connectivity index (χ4n) is 3.71.